The van der Waals surface area contributed by atoms with Crippen LogP contribution in [0.5, 0.6) is 0 Å². The molecule has 114 valence electrons. The van der Waals surface area contributed by atoms with Crippen molar-refractivity contribution in [3.05, 3.63) is 23.8 Å². The minimum absolute atomic E-state index is 0.0651. The Morgan fingerprint density at radius 3 is 2.86 bits per heavy atom. The van der Waals surface area contributed by atoms with Gasteiger partial charge in [-0.15, -0.1) is 0 Å². The van der Waals surface area contributed by atoms with Gasteiger partial charge < -0.3 is 20.9 Å². The molecule has 1 aromatic carbocycles. The number of hydrogen-bond donors (Lipinski definition) is 2. The van der Waals surface area contributed by atoms with Crippen LogP contribution >= 0.6 is 0 Å². The first-order chi connectivity index (χ1) is 10.0. The zero-order valence-corrected chi connectivity index (χ0v) is 12.6. The number of carbonyl (C=O) groups is 2. The molecule has 3 N–H and O–H groups in total. The summed E-state index contributed by atoms with van der Waals surface area (Å²) in [5, 5.41) is 2.77. The van der Waals surface area contributed by atoms with Crippen LogP contribution in [-0.2, 0) is 4.79 Å². The van der Waals surface area contributed by atoms with Crippen LogP contribution in [0.2, 0.25) is 0 Å². The van der Waals surface area contributed by atoms with Crippen molar-refractivity contribution in [3.63, 3.8) is 0 Å². The number of nitrogens with one attached hydrogen (secondary N) is 1. The number of nitrogens with two attached hydrogens (primary N) is 1. The van der Waals surface area contributed by atoms with E-state index in [1.807, 2.05) is 11.8 Å². The van der Waals surface area contributed by atoms with E-state index in [-0.39, 0.29) is 11.8 Å². The first-order valence-corrected chi connectivity index (χ1v) is 7.19. The molecule has 6 nitrogen and oxygen atoms in total. The summed E-state index contributed by atoms with van der Waals surface area (Å²) < 4.78 is 0. The van der Waals surface area contributed by atoms with E-state index in [0.29, 0.717) is 24.3 Å². The molecule has 0 atom stereocenters. The van der Waals surface area contributed by atoms with Crippen molar-refractivity contribution < 1.29 is 9.59 Å². The Balaban J connectivity index is 2.27. The third kappa shape index (κ3) is 3.45. The van der Waals surface area contributed by atoms with Gasteiger partial charge in [-0.25, -0.2) is 0 Å². The van der Waals surface area contributed by atoms with Gasteiger partial charge in [0.15, 0.2) is 0 Å². The van der Waals surface area contributed by atoms with Gasteiger partial charge in [-0.1, -0.05) is 0 Å². The van der Waals surface area contributed by atoms with Crippen molar-refractivity contribution in [2.75, 3.05) is 43.9 Å². The van der Waals surface area contributed by atoms with E-state index in [9.17, 15) is 9.59 Å². The lowest BCUT2D eigenvalue weighted by atomic mass is 10.1. The minimum Gasteiger partial charge on any atom is -0.397 e. The van der Waals surface area contributed by atoms with Crippen LogP contribution in [0.1, 0.15) is 23.7 Å². The molecule has 0 bridgehead atoms. The Kier molecular flexibility index (Phi) is 4.67. The molecule has 21 heavy (non-hydrogen) atoms. The van der Waals surface area contributed by atoms with Crippen LogP contribution in [0.15, 0.2) is 18.2 Å². The molecule has 0 saturated carbocycles. The number of nitrogen functional groups attached to an aromatic ring is 1. The van der Waals surface area contributed by atoms with Gasteiger partial charge in [0.1, 0.15) is 0 Å². The SMILES string of the molecule is CCNC(=O)c1ccc(N)c(N2CCCN(C)C(=O)C2)c1. The topological polar surface area (TPSA) is 78.7 Å². The van der Waals surface area contributed by atoms with Crippen LogP contribution in [0.25, 0.3) is 0 Å². The molecule has 1 saturated heterocycles. The fraction of sp³-hybridized carbons (Fsp3) is 0.467. The maximum absolute atomic E-state index is 12.0. The molecule has 1 aromatic rings. The molecule has 2 rings (SSSR count). The number of hydrogen-bond acceptors (Lipinski definition) is 4. The molecule has 1 fully saturated rings. The number of benzene rings is 1. The molecule has 0 aliphatic carbocycles. The van der Waals surface area contributed by atoms with E-state index in [1.54, 1.807) is 30.1 Å². The predicted molar refractivity (Wildman–Crippen MR) is 83.3 cm³/mol. The highest BCUT2D eigenvalue weighted by Gasteiger charge is 2.21. The van der Waals surface area contributed by atoms with Crippen molar-refractivity contribution in [2.24, 2.45) is 0 Å². The van der Waals surface area contributed by atoms with E-state index >= 15 is 0 Å². The molecule has 2 amide bonds. The normalized spacial score (nSPS) is 15.8. The van der Waals surface area contributed by atoms with Gasteiger partial charge in [0.25, 0.3) is 5.91 Å². The smallest absolute Gasteiger partial charge is 0.251 e. The highest BCUT2D eigenvalue weighted by molar-refractivity contribution is 5.96. The largest absolute Gasteiger partial charge is 0.397 e. The molecule has 6 heteroatoms. The van der Waals surface area contributed by atoms with E-state index in [2.05, 4.69) is 5.32 Å². The Morgan fingerprint density at radius 2 is 2.14 bits per heavy atom. The summed E-state index contributed by atoms with van der Waals surface area (Å²) in [4.78, 5) is 27.6. The third-order valence-corrected chi connectivity index (χ3v) is 3.64. The number of rotatable bonds is 3. The average molecular weight is 290 g/mol. The van der Waals surface area contributed by atoms with Crippen LogP contribution in [0.3, 0.4) is 0 Å². The minimum atomic E-state index is -0.128. The van der Waals surface area contributed by atoms with E-state index < -0.39 is 0 Å². The molecule has 0 unspecified atom stereocenters. The van der Waals surface area contributed by atoms with Crippen molar-refractivity contribution >= 4 is 23.2 Å². The standard InChI is InChI=1S/C15H22N4O2/c1-3-17-15(21)11-5-6-12(16)13(9-11)19-8-4-7-18(2)14(20)10-19/h5-6,9H,3-4,7-8,10,16H2,1-2H3,(H,17,21). The van der Waals surface area contributed by atoms with Crippen LogP contribution in [0, 0.1) is 0 Å². The summed E-state index contributed by atoms with van der Waals surface area (Å²) in [6, 6.07) is 5.19. The van der Waals surface area contributed by atoms with Gasteiger partial charge in [-0.2, -0.15) is 0 Å². The summed E-state index contributed by atoms with van der Waals surface area (Å²) >= 11 is 0. The van der Waals surface area contributed by atoms with Crippen LogP contribution in [0.4, 0.5) is 11.4 Å². The van der Waals surface area contributed by atoms with Crippen LogP contribution < -0.4 is 16.0 Å². The van der Waals surface area contributed by atoms with E-state index in [1.165, 1.54) is 0 Å². The zero-order chi connectivity index (χ0) is 15.4. The van der Waals surface area contributed by atoms with Crippen LogP contribution in [-0.4, -0.2) is 49.9 Å². The second-order valence-electron chi connectivity index (χ2n) is 5.22. The summed E-state index contributed by atoms with van der Waals surface area (Å²) in [6.45, 7) is 4.23. The molecular weight excluding hydrogens is 268 g/mol. The van der Waals surface area contributed by atoms with Gasteiger partial charge in [0.2, 0.25) is 5.91 Å². The van der Waals surface area contributed by atoms with Crippen molar-refractivity contribution in [2.45, 2.75) is 13.3 Å². The Bertz CT molecular complexity index is 544. The molecule has 1 aliphatic rings. The Hall–Kier alpha value is -2.24. The highest BCUT2D eigenvalue weighted by Crippen LogP contribution is 2.26. The second kappa shape index (κ2) is 6.47. The number of likely N-dealkylation sites (N-methyl/N-ethyl adjacent to an activating group) is 1. The molecule has 1 heterocycles. The lowest BCUT2D eigenvalue weighted by molar-refractivity contribution is -0.127. The fourth-order valence-corrected chi connectivity index (χ4v) is 2.41. The summed E-state index contributed by atoms with van der Waals surface area (Å²) in [7, 11) is 1.81. The Labute approximate surface area is 124 Å². The quantitative estimate of drug-likeness (QED) is 0.803. The van der Waals surface area contributed by atoms with Gasteiger partial charge in [0, 0.05) is 32.2 Å². The first kappa shape index (κ1) is 15.2. The summed E-state index contributed by atoms with van der Waals surface area (Å²) in [5.41, 5.74) is 7.92. The average Bonchev–Trinajstić information content (AvgIpc) is 2.62. The van der Waals surface area contributed by atoms with Crippen molar-refractivity contribution in [3.8, 4) is 0 Å². The van der Waals surface area contributed by atoms with Gasteiger partial charge in [-0.3, -0.25) is 9.59 Å². The Morgan fingerprint density at radius 1 is 1.38 bits per heavy atom. The maximum atomic E-state index is 12.0. The van der Waals surface area contributed by atoms with Gasteiger partial charge >= 0.3 is 0 Å². The zero-order valence-electron chi connectivity index (χ0n) is 12.6. The molecular formula is C15H22N4O2. The predicted octanol–water partition coefficient (Wildman–Crippen LogP) is 0.687. The lowest BCUT2D eigenvalue weighted by Gasteiger charge is -2.24. The fourth-order valence-electron chi connectivity index (χ4n) is 2.41. The van der Waals surface area contributed by atoms with E-state index in [4.69, 9.17) is 5.73 Å². The number of carbonyl (C=O) groups excluding carboxylic acids is 2. The summed E-state index contributed by atoms with van der Waals surface area (Å²) in [5.74, 6) is -0.0627. The lowest BCUT2D eigenvalue weighted by Crippen LogP contribution is -2.34. The van der Waals surface area contributed by atoms with E-state index in [0.717, 1.165) is 25.2 Å². The third-order valence-electron chi connectivity index (χ3n) is 3.64. The van der Waals surface area contributed by atoms with Gasteiger partial charge in [-0.05, 0) is 31.5 Å². The molecule has 0 radical (unpaired) electrons. The second-order valence-corrected chi connectivity index (χ2v) is 5.22. The monoisotopic (exact) mass is 290 g/mol. The number of nitrogens with zero attached hydrogens (tertiary/aromatic N) is 2. The number of amides is 2. The molecule has 0 aromatic heterocycles. The summed E-state index contributed by atoms with van der Waals surface area (Å²) in [6.07, 6.45) is 0.882. The number of anilines is 2. The molecule has 0 spiro atoms. The maximum Gasteiger partial charge on any atom is 0.251 e. The van der Waals surface area contributed by atoms with Crippen molar-refractivity contribution in [1.82, 2.24) is 10.2 Å². The van der Waals surface area contributed by atoms with Crippen molar-refractivity contribution in [1.29, 1.82) is 0 Å². The first-order valence-electron chi connectivity index (χ1n) is 7.19. The van der Waals surface area contributed by atoms with Gasteiger partial charge in [0.05, 0.1) is 17.9 Å². The highest BCUT2D eigenvalue weighted by atomic mass is 16.2. The molecule has 1 aliphatic heterocycles.